The van der Waals surface area contributed by atoms with E-state index in [9.17, 15) is 24.6 Å². The number of thiazole rings is 1. The van der Waals surface area contributed by atoms with E-state index in [1.54, 1.807) is 47.7 Å². The standard InChI is InChI=1S/C50H57N9O8S/c1-29(2)45(50(64)59-27-37(60)21-40(59)49(63)54-30(3)34-13-15-35(16-14-34)46-31(4)53-28-68-46)42-23-44(57-67-42)66-20-18-58-25-36(26-58)48(62)52-24-33-11-9-32(10-12-33)17-19-65-43-22-39(55-56-47(43)51)38-7-5-6-8-41(38)61/h5-16,22-23,28-30,36-37,40,45,60-61H,17-21,24-27H2,1-4H3,(H2,51,56)(H,52,62)(H,54,63)/t30-,37+,40-,45+/m0/s1. The second-order valence-electron chi connectivity index (χ2n) is 17.7. The molecule has 2 aliphatic rings. The van der Waals surface area contributed by atoms with Gasteiger partial charge in [-0.3, -0.25) is 19.3 Å². The number of phenols is 1. The van der Waals surface area contributed by atoms with Gasteiger partial charge in [-0.2, -0.15) is 0 Å². The Hall–Kier alpha value is -6.89. The van der Waals surface area contributed by atoms with Gasteiger partial charge >= 0.3 is 0 Å². The van der Waals surface area contributed by atoms with E-state index < -0.39 is 18.1 Å². The summed E-state index contributed by atoms with van der Waals surface area (Å²) in [5.74, 6) is -0.557. The fourth-order valence-corrected chi connectivity index (χ4v) is 9.37. The summed E-state index contributed by atoms with van der Waals surface area (Å²) >= 11 is 1.58. The number of rotatable bonds is 19. The first-order valence-electron chi connectivity index (χ1n) is 22.8. The van der Waals surface area contributed by atoms with Gasteiger partial charge in [0, 0.05) is 63.3 Å². The highest BCUT2D eigenvalue weighted by Gasteiger charge is 2.43. The fourth-order valence-electron chi connectivity index (χ4n) is 8.56. The minimum atomic E-state index is -0.849. The number of anilines is 1. The molecule has 0 bridgehead atoms. The number of aromatic nitrogens is 4. The molecule has 4 atom stereocenters. The molecule has 6 N–H and O–H groups in total. The van der Waals surface area contributed by atoms with Crippen LogP contribution in [0.2, 0.25) is 0 Å². The third kappa shape index (κ3) is 11.3. The maximum atomic E-state index is 14.1. The number of likely N-dealkylation sites (tertiary alicyclic amines) is 2. The van der Waals surface area contributed by atoms with E-state index in [-0.39, 0.29) is 66.0 Å². The van der Waals surface area contributed by atoms with Crippen molar-refractivity contribution in [2.45, 2.75) is 71.2 Å². The SMILES string of the molecule is Cc1ncsc1-c1ccc([C@H](C)NC(=O)[C@@H]2C[C@@H](O)CN2C(=O)[C@@H](c2cc(OCCN3CC(C(=O)NCc4ccc(CCOc5cc(-c6ccccc6O)nnc5N)cc4)C3)no2)C(C)C)cc1. The van der Waals surface area contributed by atoms with Crippen LogP contribution in [-0.4, -0.2) is 110 Å². The molecule has 2 aliphatic heterocycles. The van der Waals surface area contributed by atoms with Crippen LogP contribution >= 0.6 is 11.3 Å². The van der Waals surface area contributed by atoms with Crippen LogP contribution in [0.5, 0.6) is 17.4 Å². The largest absolute Gasteiger partial charge is 0.507 e. The molecule has 0 radical (unpaired) electrons. The van der Waals surface area contributed by atoms with E-state index in [2.05, 4.69) is 35.9 Å². The number of carbonyl (C=O) groups is 3. The van der Waals surface area contributed by atoms with Gasteiger partial charge in [-0.25, -0.2) is 4.98 Å². The zero-order valence-electron chi connectivity index (χ0n) is 38.5. The van der Waals surface area contributed by atoms with E-state index in [4.69, 9.17) is 19.7 Å². The number of nitrogens with zero attached hydrogens (tertiary/aromatic N) is 6. The number of aliphatic hydroxyl groups is 1. The molecule has 0 unspecified atom stereocenters. The van der Waals surface area contributed by atoms with Crippen molar-refractivity contribution < 1.29 is 38.6 Å². The lowest BCUT2D eigenvalue weighted by Gasteiger charge is -2.37. The molecule has 3 aromatic heterocycles. The molecule has 18 heteroatoms. The molecular weight excluding hydrogens is 887 g/mol. The summed E-state index contributed by atoms with van der Waals surface area (Å²) in [7, 11) is 0. The quantitative estimate of drug-likeness (QED) is 0.0658. The molecule has 5 heterocycles. The van der Waals surface area contributed by atoms with Crippen LogP contribution in [0.3, 0.4) is 0 Å². The van der Waals surface area contributed by atoms with Crippen LogP contribution in [0.25, 0.3) is 21.7 Å². The summed E-state index contributed by atoms with van der Waals surface area (Å²) in [6.07, 6.45) is -0.0922. The molecule has 3 amide bonds. The number of para-hydroxylation sites is 1. The zero-order valence-corrected chi connectivity index (χ0v) is 39.3. The first-order chi connectivity index (χ1) is 32.8. The number of hydrogen-bond donors (Lipinski definition) is 5. The van der Waals surface area contributed by atoms with Crippen molar-refractivity contribution in [3.63, 3.8) is 0 Å². The Balaban J connectivity index is 0.745. The Bertz CT molecular complexity index is 2690. The number of nitrogens with one attached hydrogen (secondary N) is 2. The lowest BCUT2D eigenvalue weighted by Crippen LogP contribution is -2.54. The van der Waals surface area contributed by atoms with Gasteiger partial charge in [0.2, 0.25) is 17.7 Å². The summed E-state index contributed by atoms with van der Waals surface area (Å²) < 4.78 is 17.5. The first-order valence-corrected chi connectivity index (χ1v) is 23.7. The number of aliphatic hydroxyl groups excluding tert-OH is 1. The van der Waals surface area contributed by atoms with Crippen LogP contribution in [0.15, 0.2) is 95.0 Å². The van der Waals surface area contributed by atoms with Gasteiger partial charge in [0.15, 0.2) is 17.3 Å². The van der Waals surface area contributed by atoms with E-state index in [1.165, 1.54) is 4.90 Å². The van der Waals surface area contributed by atoms with E-state index in [0.29, 0.717) is 68.6 Å². The molecule has 2 fully saturated rings. The van der Waals surface area contributed by atoms with Crippen LogP contribution in [-0.2, 0) is 27.3 Å². The average molecular weight is 944 g/mol. The number of benzene rings is 3. The Morgan fingerprint density at radius 2 is 1.68 bits per heavy atom. The van der Waals surface area contributed by atoms with E-state index >= 15 is 0 Å². The molecule has 6 aromatic rings. The van der Waals surface area contributed by atoms with Gasteiger partial charge in [0.05, 0.1) is 40.8 Å². The van der Waals surface area contributed by atoms with Crippen molar-refractivity contribution in [2.24, 2.45) is 11.8 Å². The number of ether oxygens (including phenoxy) is 2. The smallest absolute Gasteiger partial charge is 0.254 e. The molecule has 0 spiro atoms. The van der Waals surface area contributed by atoms with Crippen molar-refractivity contribution in [3.8, 4) is 39.1 Å². The lowest BCUT2D eigenvalue weighted by atomic mass is 9.91. The van der Waals surface area contributed by atoms with Crippen LogP contribution in [0.1, 0.15) is 67.3 Å². The van der Waals surface area contributed by atoms with Gasteiger partial charge in [0.1, 0.15) is 30.0 Å². The number of hydrogen-bond acceptors (Lipinski definition) is 15. The average Bonchev–Trinajstić information content (AvgIpc) is 4.07. The predicted octanol–water partition coefficient (Wildman–Crippen LogP) is 5.68. The van der Waals surface area contributed by atoms with Gasteiger partial charge in [-0.15, -0.1) is 21.5 Å². The maximum Gasteiger partial charge on any atom is 0.254 e. The number of nitrogens with two attached hydrogens (primary N) is 1. The highest BCUT2D eigenvalue weighted by atomic mass is 32.1. The maximum absolute atomic E-state index is 14.1. The number of nitrogen functional groups attached to an aromatic ring is 1. The second kappa shape index (κ2) is 21.4. The summed E-state index contributed by atoms with van der Waals surface area (Å²) in [5, 5.41) is 39.1. The van der Waals surface area contributed by atoms with Gasteiger partial charge in [-0.05, 0) is 59.3 Å². The molecule has 0 aliphatic carbocycles. The van der Waals surface area contributed by atoms with Crippen molar-refractivity contribution in [1.82, 2.24) is 40.8 Å². The van der Waals surface area contributed by atoms with Gasteiger partial charge in [-0.1, -0.05) is 74.5 Å². The predicted molar refractivity (Wildman–Crippen MR) is 256 cm³/mol. The summed E-state index contributed by atoms with van der Waals surface area (Å²) in [5.41, 5.74) is 13.8. The van der Waals surface area contributed by atoms with E-state index in [1.807, 2.05) is 81.7 Å². The number of phenolic OH excluding ortho intramolecular Hbond substituents is 1. The molecular formula is C50H57N9O8S. The second-order valence-corrected chi connectivity index (χ2v) is 18.6. The molecule has 3 aromatic carbocycles. The third-order valence-electron chi connectivity index (χ3n) is 12.5. The van der Waals surface area contributed by atoms with Gasteiger partial charge < -0.3 is 45.5 Å². The lowest BCUT2D eigenvalue weighted by molar-refractivity contribution is -0.141. The summed E-state index contributed by atoms with van der Waals surface area (Å²) in [6.45, 7) is 10.5. The Kier molecular flexibility index (Phi) is 15.0. The van der Waals surface area contributed by atoms with E-state index in [0.717, 1.165) is 32.8 Å². The topological polar surface area (TPSA) is 231 Å². The minimum Gasteiger partial charge on any atom is -0.507 e. The van der Waals surface area contributed by atoms with Gasteiger partial charge in [0.25, 0.3) is 5.88 Å². The van der Waals surface area contributed by atoms with Crippen molar-refractivity contribution in [3.05, 3.63) is 119 Å². The Morgan fingerprint density at radius 1 is 0.926 bits per heavy atom. The summed E-state index contributed by atoms with van der Waals surface area (Å²) in [4.78, 5) is 49.8. The Labute approximate surface area is 398 Å². The normalized spacial score (nSPS) is 17.1. The molecule has 0 saturated carbocycles. The fraction of sp³-hybridized carbons (Fsp3) is 0.380. The van der Waals surface area contributed by atoms with Crippen LogP contribution in [0, 0.1) is 18.8 Å². The van der Waals surface area contributed by atoms with Crippen molar-refractivity contribution >= 4 is 34.9 Å². The molecule has 17 nitrogen and oxygen atoms in total. The van der Waals surface area contributed by atoms with Crippen molar-refractivity contribution in [1.29, 1.82) is 0 Å². The highest BCUT2D eigenvalue weighted by Crippen LogP contribution is 2.34. The zero-order chi connectivity index (χ0) is 47.9. The summed E-state index contributed by atoms with van der Waals surface area (Å²) in [6, 6.07) is 24.9. The third-order valence-corrected chi connectivity index (χ3v) is 13.5. The number of carbonyl (C=O) groups excluding carboxylic acids is 3. The number of aromatic hydroxyl groups is 1. The van der Waals surface area contributed by atoms with Crippen LogP contribution in [0.4, 0.5) is 5.82 Å². The first kappa shape index (κ1) is 47.6. The molecule has 68 heavy (non-hydrogen) atoms. The van der Waals surface area contributed by atoms with Crippen molar-refractivity contribution in [2.75, 3.05) is 45.1 Å². The molecule has 8 rings (SSSR count). The minimum absolute atomic E-state index is 0.00963. The Morgan fingerprint density at radius 3 is 2.40 bits per heavy atom. The highest BCUT2D eigenvalue weighted by molar-refractivity contribution is 7.13. The molecule has 2 saturated heterocycles. The number of β-amino-alcohol motifs (C(OH)–C–C–N with tert-alkyl or cyclic N) is 1. The molecule has 356 valence electrons. The number of amides is 3. The van der Waals surface area contributed by atoms with Crippen LogP contribution < -0.4 is 25.8 Å². The monoisotopic (exact) mass is 943 g/mol. The number of aryl methyl sites for hydroxylation is 1.